The molecule has 92 valence electrons. The van der Waals surface area contributed by atoms with Crippen LogP contribution < -0.4 is 5.32 Å². The van der Waals surface area contributed by atoms with Crippen LogP contribution in [-0.4, -0.2) is 16.3 Å². The van der Waals surface area contributed by atoms with Crippen LogP contribution in [-0.2, 0) is 0 Å². The van der Waals surface area contributed by atoms with Crippen molar-refractivity contribution in [1.29, 1.82) is 0 Å². The van der Waals surface area contributed by atoms with Gasteiger partial charge < -0.3 is 5.32 Å². The van der Waals surface area contributed by atoms with E-state index in [1.54, 1.807) is 18.2 Å². The zero-order valence-electron chi connectivity index (χ0n) is 8.82. The summed E-state index contributed by atoms with van der Waals surface area (Å²) in [6.45, 7) is 0. The van der Waals surface area contributed by atoms with Crippen molar-refractivity contribution in [1.82, 2.24) is 9.97 Å². The third-order valence-corrected chi connectivity index (χ3v) is 3.86. The van der Waals surface area contributed by atoms with Gasteiger partial charge in [0.1, 0.15) is 17.3 Å². The van der Waals surface area contributed by atoms with Crippen molar-refractivity contribution in [2.24, 2.45) is 0 Å². The number of rotatable bonds is 3. The number of nitrogens with zero attached hydrogens (tertiary/aromatic N) is 2. The number of hydrogen-bond acceptors (Lipinski definition) is 4. The van der Waals surface area contributed by atoms with Crippen LogP contribution in [0.3, 0.4) is 0 Å². The predicted molar refractivity (Wildman–Crippen MR) is 74.9 cm³/mol. The van der Waals surface area contributed by atoms with Gasteiger partial charge in [-0.05, 0) is 28.1 Å². The molecule has 1 N–H and O–H groups in total. The molecule has 0 fully saturated rings. The van der Waals surface area contributed by atoms with E-state index < -0.39 is 0 Å². The van der Waals surface area contributed by atoms with E-state index in [0.29, 0.717) is 27.3 Å². The van der Waals surface area contributed by atoms with Gasteiger partial charge in [-0.1, -0.05) is 29.3 Å². The van der Waals surface area contributed by atoms with Crippen LogP contribution in [0.1, 0.15) is 10.4 Å². The second-order valence-electron chi connectivity index (χ2n) is 3.27. The standard InChI is InChI=1S/C11H6BrCl2N3O/c12-9-7(13)2-1-3-8(9)17-11-6(4-18)10(14)15-5-16-11/h1-5H,(H,15,16,17). The Balaban J connectivity index is 2.43. The Kier molecular flexibility index (Phi) is 4.16. The topological polar surface area (TPSA) is 54.9 Å². The van der Waals surface area contributed by atoms with Crippen LogP contribution in [0.4, 0.5) is 11.5 Å². The molecule has 18 heavy (non-hydrogen) atoms. The molecule has 1 aromatic heterocycles. The summed E-state index contributed by atoms with van der Waals surface area (Å²) in [4.78, 5) is 18.7. The molecule has 0 spiro atoms. The highest BCUT2D eigenvalue weighted by Gasteiger charge is 2.11. The van der Waals surface area contributed by atoms with Gasteiger partial charge in [-0.25, -0.2) is 9.97 Å². The molecule has 2 aromatic rings. The fourth-order valence-electron chi connectivity index (χ4n) is 1.31. The Morgan fingerprint density at radius 3 is 2.78 bits per heavy atom. The summed E-state index contributed by atoms with van der Waals surface area (Å²) in [6.07, 6.45) is 1.87. The third-order valence-electron chi connectivity index (χ3n) is 2.16. The highest BCUT2D eigenvalue weighted by atomic mass is 79.9. The Hall–Kier alpha value is -1.17. The maximum absolute atomic E-state index is 10.9. The Morgan fingerprint density at radius 1 is 1.28 bits per heavy atom. The van der Waals surface area contributed by atoms with Crippen LogP contribution in [0.2, 0.25) is 10.2 Å². The summed E-state index contributed by atoms with van der Waals surface area (Å²) in [6, 6.07) is 5.31. The lowest BCUT2D eigenvalue weighted by Gasteiger charge is -2.10. The van der Waals surface area contributed by atoms with E-state index in [4.69, 9.17) is 23.2 Å². The lowest BCUT2D eigenvalue weighted by Crippen LogP contribution is -2.01. The zero-order valence-corrected chi connectivity index (χ0v) is 11.9. The fourth-order valence-corrected chi connectivity index (χ4v) is 2.02. The van der Waals surface area contributed by atoms with Gasteiger partial charge >= 0.3 is 0 Å². The number of aldehydes is 1. The second kappa shape index (κ2) is 5.65. The van der Waals surface area contributed by atoms with Crippen LogP contribution in [0.15, 0.2) is 29.0 Å². The molecular weight excluding hydrogens is 341 g/mol. The Morgan fingerprint density at radius 2 is 2.06 bits per heavy atom. The molecule has 0 saturated carbocycles. The van der Waals surface area contributed by atoms with Gasteiger partial charge in [-0.2, -0.15) is 0 Å². The first-order valence-corrected chi connectivity index (χ1v) is 6.35. The number of aromatic nitrogens is 2. The summed E-state index contributed by atoms with van der Waals surface area (Å²) in [7, 11) is 0. The monoisotopic (exact) mass is 345 g/mol. The zero-order chi connectivity index (χ0) is 13.1. The van der Waals surface area contributed by atoms with Crippen molar-refractivity contribution in [3.8, 4) is 0 Å². The number of benzene rings is 1. The summed E-state index contributed by atoms with van der Waals surface area (Å²) in [5.74, 6) is 0.327. The highest BCUT2D eigenvalue weighted by molar-refractivity contribution is 9.10. The van der Waals surface area contributed by atoms with E-state index in [1.807, 2.05) is 0 Å². The van der Waals surface area contributed by atoms with Gasteiger partial charge in [0, 0.05) is 0 Å². The first kappa shape index (κ1) is 13.3. The van der Waals surface area contributed by atoms with E-state index >= 15 is 0 Å². The molecule has 0 saturated heterocycles. The summed E-state index contributed by atoms with van der Waals surface area (Å²) in [5, 5.41) is 3.62. The van der Waals surface area contributed by atoms with Gasteiger partial charge in [0.05, 0.1) is 20.7 Å². The lowest BCUT2D eigenvalue weighted by molar-refractivity contribution is 0.112. The normalized spacial score (nSPS) is 10.2. The van der Waals surface area contributed by atoms with Crippen LogP contribution in [0.25, 0.3) is 0 Å². The molecular formula is C11H6BrCl2N3O. The Bertz CT molecular complexity index is 607. The van der Waals surface area contributed by atoms with Crippen LogP contribution in [0.5, 0.6) is 0 Å². The average molecular weight is 347 g/mol. The average Bonchev–Trinajstić information content (AvgIpc) is 2.35. The second-order valence-corrected chi connectivity index (χ2v) is 4.83. The predicted octanol–water partition coefficient (Wildman–Crippen LogP) is 4.10. The number of carbonyl (C=O) groups excluding carboxylic acids is 1. The van der Waals surface area contributed by atoms with Gasteiger partial charge in [0.15, 0.2) is 6.29 Å². The van der Waals surface area contributed by atoms with Crippen molar-refractivity contribution in [2.45, 2.75) is 0 Å². The van der Waals surface area contributed by atoms with E-state index in [-0.39, 0.29) is 10.7 Å². The number of carbonyl (C=O) groups is 1. The summed E-state index contributed by atoms with van der Waals surface area (Å²) < 4.78 is 0.679. The van der Waals surface area contributed by atoms with Gasteiger partial charge in [-0.3, -0.25) is 4.79 Å². The van der Waals surface area contributed by atoms with Gasteiger partial charge in [0.25, 0.3) is 0 Å². The van der Waals surface area contributed by atoms with Crippen LogP contribution in [0, 0.1) is 0 Å². The van der Waals surface area contributed by atoms with Crippen molar-refractivity contribution in [3.63, 3.8) is 0 Å². The van der Waals surface area contributed by atoms with E-state index in [2.05, 4.69) is 31.2 Å². The van der Waals surface area contributed by atoms with Gasteiger partial charge in [-0.15, -0.1) is 0 Å². The largest absolute Gasteiger partial charge is 0.339 e. The SMILES string of the molecule is O=Cc1c(Cl)ncnc1Nc1cccc(Cl)c1Br. The first-order valence-electron chi connectivity index (χ1n) is 4.80. The van der Waals surface area contributed by atoms with Crippen LogP contribution >= 0.6 is 39.1 Å². The molecule has 2 rings (SSSR count). The molecule has 4 nitrogen and oxygen atoms in total. The smallest absolute Gasteiger partial charge is 0.156 e. The molecule has 0 bridgehead atoms. The van der Waals surface area contributed by atoms with E-state index in [0.717, 1.165) is 0 Å². The molecule has 0 unspecified atom stereocenters. The molecule has 7 heteroatoms. The third kappa shape index (κ3) is 2.63. The molecule has 0 amide bonds. The highest BCUT2D eigenvalue weighted by Crippen LogP contribution is 2.32. The molecule has 0 atom stereocenters. The van der Waals surface area contributed by atoms with E-state index in [9.17, 15) is 4.79 Å². The van der Waals surface area contributed by atoms with Crippen molar-refractivity contribution in [2.75, 3.05) is 5.32 Å². The van der Waals surface area contributed by atoms with Crippen molar-refractivity contribution in [3.05, 3.63) is 44.7 Å². The molecule has 0 aliphatic heterocycles. The quantitative estimate of drug-likeness (QED) is 0.671. The van der Waals surface area contributed by atoms with E-state index in [1.165, 1.54) is 6.33 Å². The van der Waals surface area contributed by atoms with Crippen molar-refractivity contribution < 1.29 is 4.79 Å². The summed E-state index contributed by atoms with van der Waals surface area (Å²) in [5.41, 5.74) is 0.881. The number of nitrogens with one attached hydrogen (secondary N) is 1. The number of hydrogen-bond donors (Lipinski definition) is 1. The molecule has 0 radical (unpaired) electrons. The number of anilines is 2. The molecule has 0 aliphatic rings. The minimum Gasteiger partial charge on any atom is -0.339 e. The lowest BCUT2D eigenvalue weighted by atomic mass is 10.3. The van der Waals surface area contributed by atoms with Gasteiger partial charge in [0.2, 0.25) is 0 Å². The summed E-state index contributed by atoms with van der Waals surface area (Å²) >= 11 is 15.1. The molecule has 1 heterocycles. The fraction of sp³-hybridized carbons (Fsp3) is 0. The maximum atomic E-state index is 10.9. The number of halogens is 3. The molecule has 0 aliphatic carbocycles. The minimum absolute atomic E-state index is 0.0978. The van der Waals surface area contributed by atoms with Crippen molar-refractivity contribution >= 4 is 56.9 Å². The minimum atomic E-state index is 0.0978. The Labute approximate surface area is 121 Å². The first-order chi connectivity index (χ1) is 8.63. The maximum Gasteiger partial charge on any atom is 0.156 e. The molecule has 1 aromatic carbocycles.